The Kier molecular flexibility index (Phi) is 7.74. The molecule has 6 nitrogen and oxygen atoms in total. The number of allylic oxidation sites excluding steroid dienone is 1. The van der Waals surface area contributed by atoms with Gasteiger partial charge >= 0.3 is 0 Å². The Morgan fingerprint density at radius 3 is 2.71 bits per heavy atom. The fourth-order valence-electron chi connectivity index (χ4n) is 3.53. The van der Waals surface area contributed by atoms with E-state index in [0.29, 0.717) is 23.0 Å². The summed E-state index contributed by atoms with van der Waals surface area (Å²) in [5.74, 6) is -0.0431. The molecular formula is C24H25N3O3S. The standard InChI is InChI=1S/C24H25N3O3S/c1-3-16-9-5-7-11-20(16)26-23(29)15-31-24-19(14-25)18(13-22(28)27-24)17-10-6-8-12-21(17)30-4-2/h5-12,18H,3-4,13,15H2,1-2H3,(H,26,29)(H,27,28)/t18-/m0/s1. The lowest BCUT2D eigenvalue weighted by molar-refractivity contribution is -0.121. The van der Waals surface area contributed by atoms with E-state index in [1.165, 1.54) is 0 Å². The van der Waals surface area contributed by atoms with Crippen molar-refractivity contribution in [2.24, 2.45) is 0 Å². The van der Waals surface area contributed by atoms with Crippen LogP contribution in [0, 0.1) is 11.3 Å². The van der Waals surface area contributed by atoms with Crippen molar-refractivity contribution in [3.8, 4) is 11.8 Å². The molecule has 0 fully saturated rings. The van der Waals surface area contributed by atoms with Crippen molar-refractivity contribution in [2.75, 3.05) is 17.7 Å². The number of thioether (sulfide) groups is 1. The van der Waals surface area contributed by atoms with Gasteiger partial charge in [-0.15, -0.1) is 0 Å². The average Bonchev–Trinajstić information content (AvgIpc) is 2.78. The van der Waals surface area contributed by atoms with Crippen LogP contribution in [0.3, 0.4) is 0 Å². The van der Waals surface area contributed by atoms with Gasteiger partial charge in [0.05, 0.1) is 29.0 Å². The minimum absolute atomic E-state index is 0.0820. The van der Waals surface area contributed by atoms with Crippen LogP contribution in [0.25, 0.3) is 0 Å². The zero-order chi connectivity index (χ0) is 22.2. The highest BCUT2D eigenvalue weighted by Crippen LogP contribution is 2.39. The lowest BCUT2D eigenvalue weighted by Crippen LogP contribution is -2.31. The number of aryl methyl sites for hydroxylation is 1. The molecule has 1 aliphatic heterocycles. The second-order valence-electron chi connectivity index (χ2n) is 6.98. The molecule has 160 valence electrons. The number of rotatable bonds is 8. The van der Waals surface area contributed by atoms with E-state index in [9.17, 15) is 14.9 Å². The molecule has 0 spiro atoms. The van der Waals surface area contributed by atoms with Crippen LogP contribution in [0.5, 0.6) is 5.75 Å². The monoisotopic (exact) mass is 435 g/mol. The number of carbonyl (C=O) groups excluding carboxylic acids is 2. The molecule has 0 saturated carbocycles. The maximum atomic E-state index is 12.5. The number of amides is 2. The third-order valence-electron chi connectivity index (χ3n) is 4.97. The van der Waals surface area contributed by atoms with Gasteiger partial charge in [-0.25, -0.2) is 0 Å². The molecule has 0 unspecified atom stereocenters. The van der Waals surface area contributed by atoms with Crippen molar-refractivity contribution in [2.45, 2.75) is 32.6 Å². The number of hydrogen-bond acceptors (Lipinski definition) is 5. The lowest BCUT2D eigenvalue weighted by atomic mass is 9.86. The van der Waals surface area contributed by atoms with Gasteiger partial charge in [0.1, 0.15) is 5.75 Å². The summed E-state index contributed by atoms with van der Waals surface area (Å²) in [6.07, 6.45) is 0.970. The van der Waals surface area contributed by atoms with Crippen molar-refractivity contribution < 1.29 is 14.3 Å². The zero-order valence-corrected chi connectivity index (χ0v) is 18.4. The Morgan fingerprint density at radius 2 is 1.97 bits per heavy atom. The third kappa shape index (κ3) is 5.47. The Labute approximate surface area is 186 Å². The maximum Gasteiger partial charge on any atom is 0.234 e. The molecule has 1 aliphatic rings. The van der Waals surface area contributed by atoms with Gasteiger partial charge in [0.15, 0.2) is 0 Å². The normalized spacial score (nSPS) is 15.8. The van der Waals surface area contributed by atoms with Crippen molar-refractivity contribution >= 4 is 29.3 Å². The highest BCUT2D eigenvalue weighted by atomic mass is 32.2. The largest absolute Gasteiger partial charge is 0.494 e. The molecule has 0 aliphatic carbocycles. The average molecular weight is 436 g/mol. The fraction of sp³-hybridized carbons (Fsp3) is 0.292. The zero-order valence-electron chi connectivity index (χ0n) is 17.6. The molecule has 2 N–H and O–H groups in total. The Morgan fingerprint density at radius 1 is 1.23 bits per heavy atom. The molecule has 1 atom stereocenters. The predicted octanol–water partition coefficient (Wildman–Crippen LogP) is 4.36. The molecule has 0 bridgehead atoms. The summed E-state index contributed by atoms with van der Waals surface area (Å²) in [7, 11) is 0. The minimum atomic E-state index is -0.409. The van der Waals surface area contributed by atoms with Gasteiger partial charge in [-0.05, 0) is 31.0 Å². The topological polar surface area (TPSA) is 91.2 Å². The second-order valence-corrected chi connectivity index (χ2v) is 7.96. The number of ether oxygens (including phenoxy) is 1. The van der Waals surface area contributed by atoms with Gasteiger partial charge < -0.3 is 15.4 Å². The molecule has 3 rings (SSSR count). The third-order valence-corrected chi connectivity index (χ3v) is 5.99. The van der Waals surface area contributed by atoms with Crippen molar-refractivity contribution in [3.05, 3.63) is 70.3 Å². The number of nitriles is 1. The molecule has 0 radical (unpaired) electrons. The summed E-state index contributed by atoms with van der Waals surface area (Å²) in [4.78, 5) is 24.9. The summed E-state index contributed by atoms with van der Waals surface area (Å²) < 4.78 is 5.71. The van der Waals surface area contributed by atoms with E-state index in [4.69, 9.17) is 4.74 Å². The number of anilines is 1. The van der Waals surface area contributed by atoms with Gasteiger partial charge in [-0.1, -0.05) is 55.1 Å². The summed E-state index contributed by atoms with van der Waals surface area (Å²) in [6.45, 7) is 4.41. The summed E-state index contributed by atoms with van der Waals surface area (Å²) >= 11 is 1.16. The number of hydrogen-bond donors (Lipinski definition) is 2. The summed E-state index contributed by atoms with van der Waals surface area (Å²) in [6, 6.07) is 17.3. The lowest BCUT2D eigenvalue weighted by Gasteiger charge is -2.26. The first-order chi connectivity index (χ1) is 15.1. The van der Waals surface area contributed by atoms with Crippen LogP contribution in [-0.4, -0.2) is 24.2 Å². The van der Waals surface area contributed by atoms with Crippen LogP contribution in [0.15, 0.2) is 59.1 Å². The van der Waals surface area contributed by atoms with Gasteiger partial charge in [0.25, 0.3) is 0 Å². The molecule has 2 amide bonds. The molecule has 2 aromatic carbocycles. The van der Waals surface area contributed by atoms with Gasteiger partial charge in [-0.3, -0.25) is 9.59 Å². The highest BCUT2D eigenvalue weighted by Gasteiger charge is 2.31. The fourth-order valence-corrected chi connectivity index (χ4v) is 4.41. The van der Waals surface area contributed by atoms with Crippen LogP contribution in [0.4, 0.5) is 5.69 Å². The quantitative estimate of drug-likeness (QED) is 0.643. The number of nitrogens with zero attached hydrogens (tertiary/aromatic N) is 1. The number of para-hydroxylation sites is 2. The Balaban J connectivity index is 1.80. The van der Waals surface area contributed by atoms with E-state index in [1.807, 2.05) is 62.4 Å². The van der Waals surface area contributed by atoms with Gasteiger partial charge in [0, 0.05) is 23.6 Å². The number of nitrogens with one attached hydrogen (secondary N) is 2. The van der Waals surface area contributed by atoms with Crippen LogP contribution in [-0.2, 0) is 16.0 Å². The van der Waals surface area contributed by atoms with E-state index in [0.717, 1.165) is 35.0 Å². The predicted molar refractivity (Wildman–Crippen MR) is 123 cm³/mol. The molecule has 0 saturated heterocycles. The molecular weight excluding hydrogens is 410 g/mol. The first-order valence-corrected chi connectivity index (χ1v) is 11.2. The summed E-state index contributed by atoms with van der Waals surface area (Å²) in [5.41, 5.74) is 3.08. The van der Waals surface area contributed by atoms with Crippen molar-refractivity contribution in [1.29, 1.82) is 5.26 Å². The van der Waals surface area contributed by atoms with Crippen LogP contribution in [0.2, 0.25) is 0 Å². The SMILES string of the molecule is CCOc1ccccc1[C@@H]1CC(=O)NC(SCC(=O)Nc2ccccc2CC)=C1C#N. The van der Waals surface area contributed by atoms with Crippen LogP contribution >= 0.6 is 11.8 Å². The number of benzene rings is 2. The maximum absolute atomic E-state index is 12.5. The molecule has 1 heterocycles. The van der Waals surface area contributed by atoms with E-state index in [2.05, 4.69) is 16.7 Å². The van der Waals surface area contributed by atoms with E-state index < -0.39 is 5.92 Å². The van der Waals surface area contributed by atoms with Crippen LogP contribution in [0.1, 0.15) is 37.3 Å². The van der Waals surface area contributed by atoms with Crippen molar-refractivity contribution in [1.82, 2.24) is 5.32 Å². The van der Waals surface area contributed by atoms with Crippen LogP contribution < -0.4 is 15.4 Å². The van der Waals surface area contributed by atoms with Gasteiger partial charge in [-0.2, -0.15) is 5.26 Å². The number of carbonyl (C=O) groups is 2. The second kappa shape index (κ2) is 10.7. The van der Waals surface area contributed by atoms with E-state index in [1.54, 1.807) is 0 Å². The molecule has 7 heteroatoms. The minimum Gasteiger partial charge on any atom is -0.494 e. The molecule has 2 aromatic rings. The smallest absolute Gasteiger partial charge is 0.234 e. The first-order valence-electron chi connectivity index (χ1n) is 10.2. The highest BCUT2D eigenvalue weighted by molar-refractivity contribution is 8.03. The van der Waals surface area contributed by atoms with E-state index in [-0.39, 0.29) is 24.0 Å². The molecule has 0 aromatic heterocycles. The van der Waals surface area contributed by atoms with E-state index >= 15 is 0 Å². The Bertz CT molecular complexity index is 1040. The first kappa shape index (κ1) is 22.4. The van der Waals surface area contributed by atoms with Crippen molar-refractivity contribution in [3.63, 3.8) is 0 Å². The summed E-state index contributed by atoms with van der Waals surface area (Å²) in [5, 5.41) is 16.0. The van der Waals surface area contributed by atoms with Gasteiger partial charge in [0.2, 0.25) is 11.8 Å². The molecule has 31 heavy (non-hydrogen) atoms. The Hall–Kier alpha value is -3.24.